The molecule has 0 radical (unpaired) electrons. The maximum Gasteiger partial charge on any atom is 0.332 e. The lowest BCUT2D eigenvalue weighted by molar-refractivity contribution is -0.142. The number of carbonyl (C=O) groups is 1. The number of allylic oxidation sites excluding steroid dienone is 1. The average molecular weight is 348 g/mol. The van der Waals surface area contributed by atoms with Crippen LogP contribution in [0.2, 0.25) is 18.1 Å². The number of rotatable bonds is 7. The van der Waals surface area contributed by atoms with Gasteiger partial charge in [-0.2, -0.15) is 0 Å². The Morgan fingerprint density at radius 1 is 1.25 bits per heavy atom. The van der Waals surface area contributed by atoms with Crippen LogP contribution in [-0.4, -0.2) is 40.3 Å². The van der Waals surface area contributed by atoms with Crippen molar-refractivity contribution < 1.29 is 14.0 Å². The minimum Gasteiger partial charge on any atom is -0.467 e. The number of methoxy groups -OCH3 is 1. The van der Waals surface area contributed by atoms with Gasteiger partial charge >= 0.3 is 5.97 Å². The Hall–Kier alpha value is -1.72. The summed E-state index contributed by atoms with van der Waals surface area (Å²) < 4.78 is 10.9. The molecule has 1 aromatic carbocycles. The summed E-state index contributed by atoms with van der Waals surface area (Å²) in [5, 5.41) is 0.0879. The molecule has 0 aromatic heterocycles. The van der Waals surface area contributed by atoms with E-state index < -0.39 is 14.4 Å². The van der Waals surface area contributed by atoms with Crippen molar-refractivity contribution in [2.45, 2.75) is 44.9 Å². The smallest absolute Gasteiger partial charge is 0.332 e. The fraction of sp³-hybridized carbons (Fsp3) is 0.474. The van der Waals surface area contributed by atoms with Crippen LogP contribution in [0.15, 0.2) is 41.4 Å². The molecule has 4 nitrogen and oxygen atoms in total. The highest BCUT2D eigenvalue weighted by atomic mass is 28.4. The fourth-order valence-corrected chi connectivity index (χ4v) is 2.69. The van der Waals surface area contributed by atoms with Crippen molar-refractivity contribution in [2.75, 3.05) is 13.7 Å². The van der Waals surface area contributed by atoms with E-state index in [4.69, 9.17) is 9.16 Å². The first kappa shape index (κ1) is 20.3. The lowest BCUT2D eigenvalue weighted by Gasteiger charge is -2.36. The van der Waals surface area contributed by atoms with Crippen molar-refractivity contribution in [3.8, 4) is 0 Å². The fourth-order valence-electron chi connectivity index (χ4n) is 1.68. The number of benzene rings is 1. The molecule has 0 saturated carbocycles. The monoisotopic (exact) mass is 347 g/mol. The molecule has 1 unspecified atom stereocenters. The molecule has 1 rings (SSSR count). The van der Waals surface area contributed by atoms with Gasteiger partial charge in [0.05, 0.1) is 13.7 Å². The minimum atomic E-state index is -1.93. The van der Waals surface area contributed by atoms with Gasteiger partial charge in [-0.3, -0.25) is 4.99 Å². The molecule has 0 aliphatic rings. The summed E-state index contributed by atoms with van der Waals surface area (Å²) in [6.07, 6.45) is 5.38. The molecule has 1 atom stereocenters. The van der Waals surface area contributed by atoms with Crippen LogP contribution in [-0.2, 0) is 14.0 Å². The molecule has 132 valence electrons. The summed E-state index contributed by atoms with van der Waals surface area (Å²) in [5.74, 6) is -0.377. The molecule has 5 heteroatoms. The van der Waals surface area contributed by atoms with Crippen LogP contribution in [0, 0.1) is 0 Å². The van der Waals surface area contributed by atoms with Gasteiger partial charge < -0.3 is 9.16 Å². The van der Waals surface area contributed by atoms with Gasteiger partial charge in [-0.1, -0.05) is 57.2 Å². The third-order valence-electron chi connectivity index (χ3n) is 4.32. The van der Waals surface area contributed by atoms with Gasteiger partial charge in [-0.05, 0) is 29.8 Å². The molecular formula is C19H29NO3Si. The van der Waals surface area contributed by atoms with Crippen LogP contribution < -0.4 is 0 Å². The summed E-state index contributed by atoms with van der Waals surface area (Å²) in [7, 11) is -0.554. The highest BCUT2D eigenvalue weighted by Crippen LogP contribution is 2.36. The first-order chi connectivity index (χ1) is 11.2. The third-order valence-corrected chi connectivity index (χ3v) is 8.82. The summed E-state index contributed by atoms with van der Waals surface area (Å²) >= 11 is 0. The number of aliphatic imine (C=N–C) groups is 1. The van der Waals surface area contributed by atoms with Gasteiger partial charge in [0.2, 0.25) is 0 Å². The van der Waals surface area contributed by atoms with Crippen molar-refractivity contribution >= 4 is 26.6 Å². The molecule has 0 bridgehead atoms. The van der Waals surface area contributed by atoms with Gasteiger partial charge in [0.1, 0.15) is 0 Å². The summed E-state index contributed by atoms with van der Waals surface area (Å²) in [5.41, 5.74) is 1.08. The second-order valence-corrected chi connectivity index (χ2v) is 12.0. The molecule has 0 spiro atoms. The van der Waals surface area contributed by atoms with Crippen LogP contribution >= 0.6 is 0 Å². The number of hydrogen-bond acceptors (Lipinski definition) is 4. The minimum absolute atomic E-state index is 0.0879. The van der Waals surface area contributed by atoms with E-state index in [0.29, 0.717) is 0 Å². The standard InChI is InChI=1S/C19H29NO3Si/c1-19(2,3)24(5,6)23-15-17(18(21)22-4)20-14-10-13-16-11-8-7-9-12-16/h7-14,17H,15H2,1-6H3/b13-10+,20-14?. The Kier molecular flexibility index (Phi) is 7.57. The van der Waals surface area contributed by atoms with Crippen molar-refractivity contribution in [1.82, 2.24) is 0 Å². The Bertz CT molecular complexity index is 574. The molecule has 0 heterocycles. The van der Waals surface area contributed by atoms with Gasteiger partial charge in [0, 0.05) is 6.21 Å². The third kappa shape index (κ3) is 6.41. The van der Waals surface area contributed by atoms with E-state index in [-0.39, 0.29) is 17.6 Å². The van der Waals surface area contributed by atoms with Crippen molar-refractivity contribution in [3.63, 3.8) is 0 Å². The van der Waals surface area contributed by atoms with E-state index in [9.17, 15) is 4.79 Å². The SMILES string of the molecule is COC(=O)C(CO[Si](C)(C)C(C)(C)C)N=C/C=C/c1ccccc1. The predicted molar refractivity (Wildman–Crippen MR) is 103 cm³/mol. The van der Waals surface area contributed by atoms with Gasteiger partial charge in [0.15, 0.2) is 14.4 Å². The Morgan fingerprint density at radius 2 is 1.88 bits per heavy atom. The van der Waals surface area contributed by atoms with E-state index in [2.05, 4.69) is 38.9 Å². The van der Waals surface area contributed by atoms with Crippen molar-refractivity contribution in [1.29, 1.82) is 0 Å². The maximum atomic E-state index is 11.9. The second-order valence-electron chi connectivity index (χ2n) is 7.18. The Balaban J connectivity index is 2.71. The Morgan fingerprint density at radius 3 is 2.42 bits per heavy atom. The normalized spacial score (nSPS) is 14.2. The lowest BCUT2D eigenvalue weighted by Crippen LogP contribution is -2.43. The number of esters is 1. The van der Waals surface area contributed by atoms with Gasteiger partial charge in [-0.15, -0.1) is 0 Å². The maximum absolute atomic E-state index is 11.9. The molecule has 1 aromatic rings. The van der Waals surface area contributed by atoms with Crippen molar-refractivity contribution in [2.24, 2.45) is 4.99 Å². The quantitative estimate of drug-likeness (QED) is 0.419. The molecule has 0 N–H and O–H groups in total. The van der Waals surface area contributed by atoms with Crippen LogP contribution in [0.4, 0.5) is 0 Å². The number of ether oxygens (including phenoxy) is 1. The second kappa shape index (κ2) is 8.94. The summed E-state index contributed by atoms with van der Waals surface area (Å²) in [6.45, 7) is 11.0. The molecule has 0 aliphatic heterocycles. The number of nitrogens with zero attached hydrogens (tertiary/aromatic N) is 1. The largest absolute Gasteiger partial charge is 0.467 e. The van der Waals surface area contributed by atoms with E-state index in [1.165, 1.54) is 7.11 Å². The first-order valence-electron chi connectivity index (χ1n) is 8.14. The predicted octanol–water partition coefficient (Wildman–Crippen LogP) is 4.33. The van der Waals surface area contributed by atoms with E-state index in [0.717, 1.165) is 5.56 Å². The zero-order valence-corrected chi connectivity index (χ0v) is 16.6. The molecular weight excluding hydrogens is 318 g/mol. The van der Waals surface area contributed by atoms with E-state index >= 15 is 0 Å². The summed E-state index contributed by atoms with van der Waals surface area (Å²) in [6, 6.07) is 9.29. The molecule has 0 amide bonds. The average Bonchev–Trinajstić information content (AvgIpc) is 2.53. The van der Waals surface area contributed by atoms with Gasteiger partial charge in [0.25, 0.3) is 0 Å². The molecule has 0 saturated heterocycles. The zero-order valence-electron chi connectivity index (χ0n) is 15.6. The van der Waals surface area contributed by atoms with E-state index in [1.54, 1.807) is 6.21 Å². The number of hydrogen-bond donors (Lipinski definition) is 0. The molecule has 0 aliphatic carbocycles. The Labute approximate surface area is 146 Å². The highest BCUT2D eigenvalue weighted by Gasteiger charge is 2.38. The first-order valence-corrected chi connectivity index (χ1v) is 11.0. The molecule has 0 fully saturated rings. The van der Waals surface area contributed by atoms with Crippen LogP contribution in [0.5, 0.6) is 0 Å². The topological polar surface area (TPSA) is 47.9 Å². The number of carbonyl (C=O) groups excluding carboxylic acids is 1. The summed E-state index contributed by atoms with van der Waals surface area (Å²) in [4.78, 5) is 16.2. The van der Waals surface area contributed by atoms with E-state index in [1.807, 2.05) is 42.5 Å². The van der Waals surface area contributed by atoms with Crippen LogP contribution in [0.3, 0.4) is 0 Å². The van der Waals surface area contributed by atoms with Crippen LogP contribution in [0.1, 0.15) is 26.3 Å². The van der Waals surface area contributed by atoms with Crippen molar-refractivity contribution in [3.05, 3.63) is 42.0 Å². The highest BCUT2D eigenvalue weighted by molar-refractivity contribution is 6.74. The zero-order chi connectivity index (χ0) is 18.2. The van der Waals surface area contributed by atoms with Crippen LogP contribution in [0.25, 0.3) is 6.08 Å². The lowest BCUT2D eigenvalue weighted by atomic mass is 10.2. The van der Waals surface area contributed by atoms with Gasteiger partial charge in [-0.25, -0.2) is 4.79 Å². The molecule has 24 heavy (non-hydrogen) atoms.